The van der Waals surface area contributed by atoms with Crippen molar-refractivity contribution in [2.24, 2.45) is 0 Å². The first kappa shape index (κ1) is 22.7. The van der Waals surface area contributed by atoms with Crippen LogP contribution < -0.4 is 5.32 Å². The fourth-order valence-corrected chi connectivity index (χ4v) is 3.30. The van der Waals surface area contributed by atoms with Gasteiger partial charge in [0.2, 0.25) is 5.91 Å². The first-order valence-electron chi connectivity index (χ1n) is 11.1. The fraction of sp³-hybridized carbons (Fsp3) is 0.818. The highest BCUT2D eigenvalue weighted by Gasteiger charge is 2.00. The van der Waals surface area contributed by atoms with Crippen LogP contribution in [0.25, 0.3) is 0 Å². The molecule has 0 aromatic carbocycles. The minimum absolute atomic E-state index is 0.207. The van der Waals surface area contributed by atoms with E-state index in [0.717, 1.165) is 25.9 Å². The second-order valence-corrected chi connectivity index (χ2v) is 7.50. The van der Waals surface area contributed by atoms with Gasteiger partial charge in [0, 0.05) is 31.9 Å². The zero-order valence-electron chi connectivity index (χ0n) is 17.1. The van der Waals surface area contributed by atoms with E-state index in [1.165, 1.54) is 77.0 Å². The van der Waals surface area contributed by atoms with Crippen LogP contribution in [0.15, 0.2) is 18.7 Å². The van der Waals surface area contributed by atoms with Gasteiger partial charge in [0.1, 0.15) is 0 Å². The Balaban J connectivity index is 1.75. The van der Waals surface area contributed by atoms with Crippen LogP contribution in [0.4, 0.5) is 0 Å². The molecule has 0 aliphatic rings. The molecular weight excluding hydrogens is 322 g/mol. The second kappa shape index (κ2) is 17.1. The number of nitrogens with zero attached hydrogens (tertiary/aromatic N) is 2. The Kier molecular flexibility index (Phi) is 15.0. The maximum Gasteiger partial charge on any atom is 0.219 e. The SMILES string of the molecule is CCCCCCCCCCCCCCCC(=O)NCCCn1ccnc1. The molecule has 0 saturated carbocycles. The second-order valence-electron chi connectivity index (χ2n) is 7.50. The van der Waals surface area contributed by atoms with Gasteiger partial charge in [0.05, 0.1) is 6.33 Å². The molecule has 1 heterocycles. The molecule has 1 amide bonds. The third kappa shape index (κ3) is 13.9. The monoisotopic (exact) mass is 363 g/mol. The highest BCUT2D eigenvalue weighted by atomic mass is 16.1. The molecule has 0 aliphatic heterocycles. The Morgan fingerprint density at radius 3 is 1.96 bits per heavy atom. The molecule has 4 nitrogen and oxygen atoms in total. The van der Waals surface area contributed by atoms with E-state index in [0.29, 0.717) is 6.42 Å². The lowest BCUT2D eigenvalue weighted by Crippen LogP contribution is -2.24. The van der Waals surface area contributed by atoms with Crippen LogP contribution in [0, 0.1) is 0 Å². The molecule has 0 fully saturated rings. The highest BCUT2D eigenvalue weighted by Crippen LogP contribution is 2.12. The van der Waals surface area contributed by atoms with Gasteiger partial charge >= 0.3 is 0 Å². The zero-order chi connectivity index (χ0) is 18.7. The standard InChI is InChI=1S/C22H41N3O/c1-2-3-4-5-6-7-8-9-10-11-12-13-14-16-22(26)24-17-15-19-25-20-18-23-21-25/h18,20-21H,2-17,19H2,1H3,(H,24,26). The topological polar surface area (TPSA) is 46.9 Å². The van der Waals surface area contributed by atoms with E-state index in [1.54, 1.807) is 6.20 Å². The number of aromatic nitrogens is 2. The Morgan fingerprint density at radius 1 is 0.846 bits per heavy atom. The largest absolute Gasteiger partial charge is 0.356 e. The van der Waals surface area contributed by atoms with Gasteiger partial charge in [-0.15, -0.1) is 0 Å². The number of carbonyl (C=O) groups is 1. The van der Waals surface area contributed by atoms with Crippen LogP contribution in [-0.4, -0.2) is 22.0 Å². The summed E-state index contributed by atoms with van der Waals surface area (Å²) in [6, 6.07) is 0. The summed E-state index contributed by atoms with van der Waals surface area (Å²) in [5.41, 5.74) is 0. The molecule has 26 heavy (non-hydrogen) atoms. The number of rotatable bonds is 18. The lowest BCUT2D eigenvalue weighted by Gasteiger charge is -2.06. The lowest BCUT2D eigenvalue weighted by atomic mass is 10.0. The molecule has 0 radical (unpaired) electrons. The third-order valence-corrected chi connectivity index (χ3v) is 4.98. The first-order chi connectivity index (χ1) is 12.8. The number of unbranched alkanes of at least 4 members (excludes halogenated alkanes) is 12. The number of aryl methyl sites for hydroxylation is 1. The number of carbonyl (C=O) groups excluding carboxylic acids is 1. The molecule has 0 aliphatic carbocycles. The minimum Gasteiger partial charge on any atom is -0.356 e. The Morgan fingerprint density at radius 2 is 1.42 bits per heavy atom. The Hall–Kier alpha value is -1.32. The van der Waals surface area contributed by atoms with Crippen LogP contribution in [0.3, 0.4) is 0 Å². The van der Waals surface area contributed by atoms with Gasteiger partial charge in [-0.05, 0) is 12.8 Å². The normalized spacial score (nSPS) is 11.0. The third-order valence-electron chi connectivity index (χ3n) is 4.98. The molecule has 0 spiro atoms. The van der Waals surface area contributed by atoms with Crippen molar-refractivity contribution >= 4 is 5.91 Å². The number of hydrogen-bond acceptors (Lipinski definition) is 2. The van der Waals surface area contributed by atoms with Crippen molar-refractivity contribution in [3.8, 4) is 0 Å². The maximum atomic E-state index is 11.8. The first-order valence-corrected chi connectivity index (χ1v) is 11.1. The molecule has 0 atom stereocenters. The molecule has 1 rings (SSSR count). The number of amides is 1. The summed E-state index contributed by atoms with van der Waals surface area (Å²) in [5.74, 6) is 0.207. The van der Waals surface area contributed by atoms with Crippen molar-refractivity contribution in [3.05, 3.63) is 18.7 Å². The lowest BCUT2D eigenvalue weighted by molar-refractivity contribution is -0.121. The van der Waals surface area contributed by atoms with Crippen molar-refractivity contribution in [3.63, 3.8) is 0 Å². The molecule has 150 valence electrons. The van der Waals surface area contributed by atoms with Gasteiger partial charge in [-0.2, -0.15) is 0 Å². The van der Waals surface area contributed by atoms with E-state index in [-0.39, 0.29) is 5.91 Å². The smallest absolute Gasteiger partial charge is 0.219 e. The summed E-state index contributed by atoms with van der Waals surface area (Å²) in [7, 11) is 0. The predicted molar refractivity (Wildman–Crippen MR) is 110 cm³/mol. The van der Waals surface area contributed by atoms with E-state index in [2.05, 4.69) is 17.2 Å². The van der Waals surface area contributed by atoms with Crippen LogP contribution in [-0.2, 0) is 11.3 Å². The maximum absolute atomic E-state index is 11.8. The van der Waals surface area contributed by atoms with E-state index in [4.69, 9.17) is 0 Å². The van der Waals surface area contributed by atoms with Gasteiger partial charge in [-0.3, -0.25) is 4.79 Å². The molecule has 1 aromatic rings. The summed E-state index contributed by atoms with van der Waals surface area (Å²) >= 11 is 0. The molecule has 1 N–H and O–H groups in total. The molecule has 0 unspecified atom stereocenters. The van der Waals surface area contributed by atoms with Gasteiger partial charge in [-0.25, -0.2) is 4.98 Å². The Bertz CT molecular complexity index is 417. The molecular formula is C22H41N3O. The molecule has 0 bridgehead atoms. The molecule has 0 saturated heterocycles. The number of nitrogens with one attached hydrogen (secondary N) is 1. The average Bonchev–Trinajstić information content (AvgIpc) is 3.16. The van der Waals surface area contributed by atoms with Crippen LogP contribution in [0.1, 0.15) is 103 Å². The van der Waals surface area contributed by atoms with Crippen LogP contribution in [0.5, 0.6) is 0 Å². The van der Waals surface area contributed by atoms with Crippen molar-refractivity contribution in [1.82, 2.24) is 14.9 Å². The van der Waals surface area contributed by atoms with E-state index < -0.39 is 0 Å². The summed E-state index contributed by atoms with van der Waals surface area (Å²) < 4.78 is 2.04. The van der Waals surface area contributed by atoms with E-state index in [1.807, 2.05) is 17.1 Å². The highest BCUT2D eigenvalue weighted by molar-refractivity contribution is 5.75. The fourth-order valence-electron chi connectivity index (χ4n) is 3.30. The average molecular weight is 364 g/mol. The summed E-state index contributed by atoms with van der Waals surface area (Å²) in [6.07, 6.45) is 24.7. The van der Waals surface area contributed by atoms with E-state index in [9.17, 15) is 4.79 Å². The van der Waals surface area contributed by atoms with Gasteiger partial charge in [-0.1, -0.05) is 84.0 Å². The van der Waals surface area contributed by atoms with Crippen molar-refractivity contribution in [2.45, 2.75) is 110 Å². The van der Waals surface area contributed by atoms with Gasteiger partial charge < -0.3 is 9.88 Å². The van der Waals surface area contributed by atoms with Crippen LogP contribution >= 0.6 is 0 Å². The predicted octanol–water partition coefficient (Wildman–Crippen LogP) is 5.87. The van der Waals surface area contributed by atoms with Crippen molar-refractivity contribution in [2.75, 3.05) is 6.54 Å². The summed E-state index contributed by atoms with van der Waals surface area (Å²) in [6.45, 7) is 3.95. The van der Waals surface area contributed by atoms with Gasteiger partial charge in [0.25, 0.3) is 0 Å². The molecule has 1 aromatic heterocycles. The summed E-state index contributed by atoms with van der Waals surface area (Å²) in [5, 5.41) is 3.02. The van der Waals surface area contributed by atoms with E-state index >= 15 is 0 Å². The zero-order valence-corrected chi connectivity index (χ0v) is 17.1. The molecule has 4 heteroatoms. The number of imidazole rings is 1. The minimum atomic E-state index is 0.207. The quantitative estimate of drug-likeness (QED) is 0.331. The Labute approximate surface area is 161 Å². The number of hydrogen-bond donors (Lipinski definition) is 1. The van der Waals surface area contributed by atoms with Gasteiger partial charge in [0.15, 0.2) is 0 Å². The van der Waals surface area contributed by atoms with Crippen molar-refractivity contribution < 1.29 is 4.79 Å². The summed E-state index contributed by atoms with van der Waals surface area (Å²) in [4.78, 5) is 15.8. The van der Waals surface area contributed by atoms with Crippen LogP contribution in [0.2, 0.25) is 0 Å². The van der Waals surface area contributed by atoms with Crippen molar-refractivity contribution in [1.29, 1.82) is 0 Å².